The van der Waals surface area contributed by atoms with Crippen LogP contribution in [0, 0.1) is 10.1 Å². The third-order valence-corrected chi connectivity index (χ3v) is 3.01. The Kier molecular flexibility index (Phi) is 5.31. The fourth-order valence-corrected chi connectivity index (χ4v) is 1.79. The quantitative estimate of drug-likeness (QED) is 0.378. The van der Waals surface area contributed by atoms with Crippen molar-refractivity contribution >= 4 is 29.3 Å². The van der Waals surface area contributed by atoms with Crippen LogP contribution in [-0.4, -0.2) is 36.7 Å². The second-order valence-electron chi connectivity index (χ2n) is 3.39. The van der Waals surface area contributed by atoms with Gasteiger partial charge in [-0.1, -0.05) is 0 Å². The van der Waals surface area contributed by atoms with Gasteiger partial charge < -0.3 is 10.1 Å². The zero-order valence-corrected chi connectivity index (χ0v) is 11.2. The third-order valence-electron chi connectivity index (χ3n) is 2.22. The van der Waals surface area contributed by atoms with Gasteiger partial charge in [0.15, 0.2) is 6.61 Å². The monoisotopic (exact) mass is 284 g/mol. The number of hydrogen-bond acceptors (Lipinski definition) is 6. The fourth-order valence-electron chi connectivity index (χ4n) is 1.25. The highest BCUT2D eigenvalue weighted by Gasteiger charge is 2.18. The first-order valence-electron chi connectivity index (χ1n) is 5.19. The molecule has 19 heavy (non-hydrogen) atoms. The van der Waals surface area contributed by atoms with Crippen molar-refractivity contribution in [1.82, 2.24) is 5.32 Å². The number of carbonyl (C=O) groups is 2. The minimum Gasteiger partial charge on any atom is -0.452 e. The Morgan fingerprint density at radius 2 is 2.16 bits per heavy atom. The van der Waals surface area contributed by atoms with Crippen LogP contribution >= 0.6 is 11.8 Å². The van der Waals surface area contributed by atoms with Gasteiger partial charge in [0.05, 0.1) is 15.4 Å². The van der Waals surface area contributed by atoms with Crippen LogP contribution in [0.25, 0.3) is 0 Å². The fraction of sp³-hybridized carbons (Fsp3) is 0.273. The van der Waals surface area contributed by atoms with Crippen LogP contribution in [-0.2, 0) is 9.53 Å². The van der Waals surface area contributed by atoms with Gasteiger partial charge in [-0.05, 0) is 18.4 Å². The molecule has 0 atom stereocenters. The summed E-state index contributed by atoms with van der Waals surface area (Å²) >= 11 is 1.21. The van der Waals surface area contributed by atoms with Gasteiger partial charge >= 0.3 is 5.97 Å². The predicted molar refractivity (Wildman–Crippen MR) is 69.2 cm³/mol. The molecule has 0 bridgehead atoms. The number of ether oxygens (including phenoxy) is 1. The number of benzene rings is 1. The van der Waals surface area contributed by atoms with Gasteiger partial charge in [0.2, 0.25) is 0 Å². The van der Waals surface area contributed by atoms with Crippen molar-refractivity contribution in [2.75, 3.05) is 19.9 Å². The highest BCUT2D eigenvalue weighted by molar-refractivity contribution is 7.98. The molecular formula is C11H12N2O5S. The van der Waals surface area contributed by atoms with Crippen LogP contribution in [0.1, 0.15) is 10.4 Å². The summed E-state index contributed by atoms with van der Waals surface area (Å²) in [4.78, 5) is 33.3. The molecule has 1 amide bonds. The Bertz CT molecular complexity index is 518. The number of likely N-dealkylation sites (N-methyl/N-ethyl adjacent to an activating group) is 1. The van der Waals surface area contributed by atoms with Crippen LogP contribution in [0.2, 0.25) is 0 Å². The van der Waals surface area contributed by atoms with E-state index in [1.165, 1.54) is 30.9 Å². The topological polar surface area (TPSA) is 98.5 Å². The van der Waals surface area contributed by atoms with Crippen molar-refractivity contribution in [3.63, 3.8) is 0 Å². The molecule has 1 rings (SSSR count). The molecule has 1 N–H and O–H groups in total. The van der Waals surface area contributed by atoms with Crippen molar-refractivity contribution in [3.05, 3.63) is 33.9 Å². The van der Waals surface area contributed by atoms with E-state index >= 15 is 0 Å². The second kappa shape index (κ2) is 6.74. The molecular weight excluding hydrogens is 272 g/mol. The van der Waals surface area contributed by atoms with Crippen molar-refractivity contribution < 1.29 is 19.2 Å². The minimum atomic E-state index is -0.778. The van der Waals surface area contributed by atoms with Crippen molar-refractivity contribution in [1.29, 1.82) is 0 Å². The summed E-state index contributed by atoms with van der Waals surface area (Å²) in [6, 6.07) is 4.03. The Morgan fingerprint density at radius 3 is 2.68 bits per heavy atom. The Balaban J connectivity index is 2.89. The normalized spacial score (nSPS) is 9.79. The van der Waals surface area contributed by atoms with E-state index in [-0.39, 0.29) is 11.3 Å². The standard InChI is InChI=1S/C11H12N2O5S/c1-12-10(14)6-18-11(15)7-3-4-9(19-2)8(5-7)13(16)17/h3-5H,6H2,1-2H3,(H,12,14). The van der Waals surface area contributed by atoms with Gasteiger partial charge in [0.25, 0.3) is 11.6 Å². The molecule has 0 aliphatic carbocycles. The molecule has 7 nitrogen and oxygen atoms in total. The van der Waals surface area contributed by atoms with Crippen LogP contribution < -0.4 is 5.32 Å². The van der Waals surface area contributed by atoms with E-state index in [4.69, 9.17) is 4.74 Å². The van der Waals surface area contributed by atoms with Crippen LogP contribution in [0.5, 0.6) is 0 Å². The molecule has 0 saturated heterocycles. The first-order chi connectivity index (χ1) is 8.99. The Hall–Kier alpha value is -2.09. The molecule has 0 aliphatic heterocycles. The SMILES string of the molecule is CNC(=O)COC(=O)c1ccc(SC)c([N+](=O)[O-])c1. The number of carbonyl (C=O) groups excluding carboxylic acids is 2. The summed E-state index contributed by atoms with van der Waals surface area (Å²) in [7, 11) is 1.41. The van der Waals surface area contributed by atoms with E-state index in [1.54, 1.807) is 6.26 Å². The van der Waals surface area contributed by atoms with E-state index in [1.807, 2.05) is 0 Å². The van der Waals surface area contributed by atoms with Gasteiger partial charge in [0, 0.05) is 13.1 Å². The maximum absolute atomic E-state index is 11.6. The minimum absolute atomic E-state index is 0.0356. The lowest BCUT2D eigenvalue weighted by Gasteiger charge is -2.05. The van der Waals surface area contributed by atoms with Crippen LogP contribution in [0.15, 0.2) is 23.1 Å². The average molecular weight is 284 g/mol. The number of esters is 1. The number of hydrogen-bond donors (Lipinski definition) is 1. The summed E-state index contributed by atoms with van der Waals surface area (Å²) in [5, 5.41) is 13.1. The molecule has 0 fully saturated rings. The molecule has 0 saturated carbocycles. The lowest BCUT2D eigenvalue weighted by Crippen LogP contribution is -2.25. The molecule has 0 spiro atoms. The van der Waals surface area contributed by atoms with E-state index in [2.05, 4.69) is 5.32 Å². The number of nitrogens with zero attached hydrogens (tertiary/aromatic N) is 1. The Labute approximate surface area is 113 Å². The van der Waals surface area contributed by atoms with E-state index < -0.39 is 23.4 Å². The highest BCUT2D eigenvalue weighted by atomic mass is 32.2. The maximum atomic E-state index is 11.6. The van der Waals surface area contributed by atoms with E-state index in [0.717, 1.165) is 6.07 Å². The molecule has 8 heteroatoms. The molecule has 1 aromatic rings. The first kappa shape index (κ1) is 15.0. The van der Waals surface area contributed by atoms with Crippen molar-refractivity contribution in [3.8, 4) is 0 Å². The summed E-state index contributed by atoms with van der Waals surface area (Å²) in [5.41, 5.74) is -0.129. The van der Waals surface area contributed by atoms with Gasteiger partial charge in [-0.25, -0.2) is 4.79 Å². The number of amides is 1. The second-order valence-corrected chi connectivity index (χ2v) is 4.24. The molecule has 102 valence electrons. The van der Waals surface area contributed by atoms with Gasteiger partial charge in [-0.15, -0.1) is 11.8 Å². The zero-order chi connectivity index (χ0) is 14.4. The maximum Gasteiger partial charge on any atom is 0.338 e. The highest BCUT2D eigenvalue weighted by Crippen LogP contribution is 2.28. The number of rotatable bonds is 5. The van der Waals surface area contributed by atoms with Crippen LogP contribution in [0.3, 0.4) is 0 Å². The van der Waals surface area contributed by atoms with Gasteiger partial charge in [-0.2, -0.15) is 0 Å². The third kappa shape index (κ3) is 3.95. The summed E-state index contributed by atoms with van der Waals surface area (Å²) < 4.78 is 4.71. The number of nitro benzene ring substituents is 1. The molecule has 0 radical (unpaired) electrons. The number of thioether (sulfide) groups is 1. The molecule has 0 heterocycles. The summed E-state index contributed by atoms with van der Waals surface area (Å²) in [6.07, 6.45) is 1.70. The van der Waals surface area contributed by atoms with E-state index in [9.17, 15) is 19.7 Å². The lowest BCUT2D eigenvalue weighted by molar-refractivity contribution is -0.387. The molecule has 0 unspecified atom stereocenters. The van der Waals surface area contributed by atoms with Gasteiger partial charge in [0.1, 0.15) is 0 Å². The van der Waals surface area contributed by atoms with E-state index in [0.29, 0.717) is 4.90 Å². The zero-order valence-electron chi connectivity index (χ0n) is 10.3. The molecule has 1 aromatic carbocycles. The lowest BCUT2D eigenvalue weighted by atomic mass is 10.2. The predicted octanol–water partition coefficient (Wildman–Crippen LogP) is 1.22. The molecule has 0 aliphatic rings. The van der Waals surface area contributed by atoms with Gasteiger partial charge in [-0.3, -0.25) is 14.9 Å². The summed E-state index contributed by atoms with van der Waals surface area (Å²) in [5.74, 6) is -1.23. The average Bonchev–Trinajstić information content (AvgIpc) is 2.43. The Morgan fingerprint density at radius 1 is 1.47 bits per heavy atom. The molecule has 0 aromatic heterocycles. The number of nitro groups is 1. The smallest absolute Gasteiger partial charge is 0.338 e. The van der Waals surface area contributed by atoms with Crippen molar-refractivity contribution in [2.45, 2.75) is 4.90 Å². The van der Waals surface area contributed by atoms with Crippen LogP contribution in [0.4, 0.5) is 5.69 Å². The first-order valence-corrected chi connectivity index (χ1v) is 6.42. The van der Waals surface area contributed by atoms with Crippen molar-refractivity contribution in [2.24, 2.45) is 0 Å². The largest absolute Gasteiger partial charge is 0.452 e. The number of nitrogens with one attached hydrogen (secondary N) is 1. The summed E-state index contributed by atoms with van der Waals surface area (Å²) in [6.45, 7) is -0.423.